The molecule has 0 bridgehead atoms. The fraction of sp³-hybridized carbons (Fsp3) is 0.417. The predicted octanol–water partition coefficient (Wildman–Crippen LogP) is 2.12. The zero-order chi connectivity index (χ0) is 12.6. The molecule has 90 valence electrons. The van der Waals surface area contributed by atoms with Crippen molar-refractivity contribution in [1.82, 2.24) is 0 Å². The topological polar surface area (TPSA) is 77.8 Å². The Morgan fingerprint density at radius 2 is 1.94 bits per heavy atom. The molecule has 4 heteroatoms. The van der Waals surface area contributed by atoms with Gasteiger partial charge in [0.2, 0.25) is 0 Å². The minimum absolute atomic E-state index is 0.0671. The van der Waals surface area contributed by atoms with Gasteiger partial charge in [0.15, 0.2) is 0 Å². The number of aliphatic hydroxyl groups is 1. The minimum atomic E-state index is -1.11. The Hall–Kier alpha value is -1.55. The number of hydrogen-bond acceptors (Lipinski definition) is 3. The van der Waals surface area contributed by atoms with E-state index in [0.717, 1.165) is 6.42 Å². The summed E-state index contributed by atoms with van der Waals surface area (Å²) in [6.07, 6.45) is 1.08. The second kappa shape index (κ2) is 7.70. The number of hydrogen-bond donors (Lipinski definition) is 3. The maximum atomic E-state index is 10.3. The van der Waals surface area contributed by atoms with Crippen LogP contribution in [0.2, 0.25) is 0 Å². The van der Waals surface area contributed by atoms with E-state index in [9.17, 15) is 4.79 Å². The first-order valence-corrected chi connectivity index (χ1v) is 5.15. The lowest BCUT2D eigenvalue weighted by molar-refractivity contribution is 0.0693. The number of rotatable bonds is 3. The Bertz CT molecular complexity index is 319. The van der Waals surface area contributed by atoms with Gasteiger partial charge in [-0.25, -0.2) is 4.79 Å². The molecule has 1 atom stereocenters. The van der Waals surface area contributed by atoms with Crippen molar-refractivity contribution in [3.05, 3.63) is 29.8 Å². The summed E-state index contributed by atoms with van der Waals surface area (Å²) in [6, 6.07) is 5.81. The molecule has 0 aliphatic rings. The maximum Gasteiger partial charge on any atom is 0.339 e. The van der Waals surface area contributed by atoms with Crippen LogP contribution >= 0.6 is 0 Å². The Labute approximate surface area is 95.2 Å². The summed E-state index contributed by atoms with van der Waals surface area (Å²) >= 11 is 0. The van der Waals surface area contributed by atoms with Crippen LogP contribution in [0.4, 0.5) is 0 Å². The molecule has 1 aromatic carbocycles. The number of benzene rings is 1. The summed E-state index contributed by atoms with van der Waals surface area (Å²) in [5.41, 5.74) is -0.0671. The van der Waals surface area contributed by atoms with Crippen molar-refractivity contribution in [3.8, 4) is 5.75 Å². The number of para-hydroxylation sites is 1. The van der Waals surface area contributed by atoms with Gasteiger partial charge in [0.1, 0.15) is 11.3 Å². The molecule has 4 nitrogen and oxygen atoms in total. The Morgan fingerprint density at radius 1 is 1.38 bits per heavy atom. The van der Waals surface area contributed by atoms with E-state index in [1.807, 2.05) is 6.92 Å². The molecule has 0 saturated carbocycles. The highest BCUT2D eigenvalue weighted by Gasteiger charge is 2.05. The van der Waals surface area contributed by atoms with E-state index in [1.165, 1.54) is 12.1 Å². The van der Waals surface area contributed by atoms with Crippen molar-refractivity contribution in [2.24, 2.45) is 5.92 Å². The Kier molecular flexibility index (Phi) is 6.96. The van der Waals surface area contributed by atoms with Crippen LogP contribution in [-0.4, -0.2) is 27.9 Å². The average molecular weight is 226 g/mol. The lowest BCUT2D eigenvalue weighted by Gasteiger charge is -1.98. The van der Waals surface area contributed by atoms with E-state index in [-0.39, 0.29) is 11.3 Å². The standard InChI is InChI=1S/C7H6O3.C5H12O/c8-6-4-2-1-3-5(6)7(9)10;1-3-5(2)4-6/h1-4,8H,(H,9,10);5-6H,3-4H2,1-2H3. The summed E-state index contributed by atoms with van der Waals surface area (Å²) < 4.78 is 0. The molecule has 0 radical (unpaired) electrons. The fourth-order valence-electron chi connectivity index (χ4n) is 0.784. The molecule has 0 fully saturated rings. The van der Waals surface area contributed by atoms with Crippen molar-refractivity contribution in [3.63, 3.8) is 0 Å². The largest absolute Gasteiger partial charge is 0.507 e. The van der Waals surface area contributed by atoms with Gasteiger partial charge in [0.25, 0.3) is 0 Å². The normalized spacial score (nSPS) is 11.2. The molecule has 0 saturated heterocycles. The molecule has 0 amide bonds. The van der Waals surface area contributed by atoms with Crippen LogP contribution < -0.4 is 0 Å². The first-order valence-electron chi connectivity index (χ1n) is 5.15. The van der Waals surface area contributed by atoms with Gasteiger partial charge in [-0.15, -0.1) is 0 Å². The van der Waals surface area contributed by atoms with Gasteiger partial charge in [0.05, 0.1) is 0 Å². The first-order chi connectivity index (χ1) is 7.52. The lowest BCUT2D eigenvalue weighted by Crippen LogP contribution is -1.96. The van der Waals surface area contributed by atoms with Crippen molar-refractivity contribution < 1.29 is 20.1 Å². The number of carbonyl (C=O) groups is 1. The van der Waals surface area contributed by atoms with Gasteiger partial charge in [-0.2, -0.15) is 0 Å². The molecule has 1 aromatic rings. The number of aliphatic hydroxyl groups excluding tert-OH is 1. The highest BCUT2D eigenvalue weighted by Crippen LogP contribution is 2.14. The first kappa shape index (κ1) is 14.5. The predicted molar refractivity (Wildman–Crippen MR) is 61.6 cm³/mol. The fourth-order valence-corrected chi connectivity index (χ4v) is 0.784. The molecule has 0 heterocycles. The van der Waals surface area contributed by atoms with E-state index >= 15 is 0 Å². The van der Waals surface area contributed by atoms with Crippen LogP contribution in [0.25, 0.3) is 0 Å². The monoisotopic (exact) mass is 226 g/mol. The van der Waals surface area contributed by atoms with Gasteiger partial charge in [-0.05, 0) is 18.1 Å². The number of aromatic hydroxyl groups is 1. The quantitative estimate of drug-likeness (QED) is 0.737. The van der Waals surface area contributed by atoms with E-state index in [4.69, 9.17) is 15.3 Å². The Morgan fingerprint density at radius 3 is 2.19 bits per heavy atom. The van der Waals surface area contributed by atoms with Crippen molar-refractivity contribution >= 4 is 5.97 Å². The van der Waals surface area contributed by atoms with Gasteiger partial charge in [-0.1, -0.05) is 32.4 Å². The van der Waals surface area contributed by atoms with Gasteiger partial charge < -0.3 is 15.3 Å². The number of carboxylic acid groups (broad SMARTS) is 1. The summed E-state index contributed by atoms with van der Waals surface area (Å²) in [7, 11) is 0. The number of aromatic carboxylic acids is 1. The van der Waals surface area contributed by atoms with Gasteiger partial charge in [0, 0.05) is 6.61 Å². The SMILES string of the molecule is CCC(C)CO.O=C(O)c1ccccc1O. The van der Waals surface area contributed by atoms with Crippen molar-refractivity contribution in [1.29, 1.82) is 0 Å². The van der Waals surface area contributed by atoms with Crippen LogP contribution in [0, 0.1) is 5.92 Å². The lowest BCUT2D eigenvalue weighted by atomic mass is 10.1. The van der Waals surface area contributed by atoms with Gasteiger partial charge >= 0.3 is 5.97 Å². The summed E-state index contributed by atoms with van der Waals surface area (Å²) in [5.74, 6) is -0.821. The van der Waals surface area contributed by atoms with E-state index in [1.54, 1.807) is 12.1 Å². The molecule has 3 N–H and O–H groups in total. The molecule has 0 aliphatic heterocycles. The van der Waals surface area contributed by atoms with Crippen LogP contribution in [0.1, 0.15) is 30.6 Å². The third kappa shape index (κ3) is 5.36. The second-order valence-electron chi connectivity index (χ2n) is 3.52. The third-order valence-electron chi connectivity index (χ3n) is 2.14. The van der Waals surface area contributed by atoms with E-state index in [2.05, 4.69) is 6.92 Å². The molecule has 0 spiro atoms. The molecule has 0 aliphatic carbocycles. The number of phenols is 1. The summed E-state index contributed by atoms with van der Waals surface area (Å²) in [5, 5.41) is 25.6. The van der Waals surface area contributed by atoms with Gasteiger partial charge in [-0.3, -0.25) is 0 Å². The Balaban J connectivity index is 0.000000325. The highest BCUT2D eigenvalue weighted by molar-refractivity contribution is 5.90. The summed E-state index contributed by atoms with van der Waals surface area (Å²) in [6.45, 7) is 4.43. The maximum absolute atomic E-state index is 10.3. The van der Waals surface area contributed by atoms with Crippen molar-refractivity contribution in [2.45, 2.75) is 20.3 Å². The molecule has 0 aromatic heterocycles. The second-order valence-corrected chi connectivity index (χ2v) is 3.52. The highest BCUT2D eigenvalue weighted by atomic mass is 16.4. The minimum Gasteiger partial charge on any atom is -0.507 e. The van der Waals surface area contributed by atoms with E-state index < -0.39 is 5.97 Å². The third-order valence-corrected chi connectivity index (χ3v) is 2.14. The molecular formula is C12H18O4. The molecule has 1 unspecified atom stereocenters. The smallest absolute Gasteiger partial charge is 0.339 e. The van der Waals surface area contributed by atoms with Crippen LogP contribution in [0.3, 0.4) is 0 Å². The van der Waals surface area contributed by atoms with E-state index in [0.29, 0.717) is 12.5 Å². The zero-order valence-electron chi connectivity index (χ0n) is 9.55. The zero-order valence-corrected chi connectivity index (χ0v) is 9.55. The van der Waals surface area contributed by atoms with Crippen LogP contribution in [0.5, 0.6) is 5.75 Å². The van der Waals surface area contributed by atoms with Crippen LogP contribution in [0.15, 0.2) is 24.3 Å². The van der Waals surface area contributed by atoms with Crippen molar-refractivity contribution in [2.75, 3.05) is 6.61 Å². The molecule has 1 rings (SSSR count). The van der Waals surface area contributed by atoms with Crippen LogP contribution in [-0.2, 0) is 0 Å². The number of carboxylic acids is 1. The molecular weight excluding hydrogens is 208 g/mol. The average Bonchev–Trinajstić information content (AvgIpc) is 2.29. The summed E-state index contributed by atoms with van der Waals surface area (Å²) in [4.78, 5) is 10.3. The molecule has 16 heavy (non-hydrogen) atoms.